The van der Waals surface area contributed by atoms with Crippen molar-refractivity contribution >= 4 is 9.84 Å². The summed E-state index contributed by atoms with van der Waals surface area (Å²) in [6, 6.07) is 11.1. The predicted molar refractivity (Wildman–Crippen MR) is 79.9 cm³/mol. The minimum Gasteiger partial charge on any atom is -0.508 e. The number of aromatic hydroxyl groups is 2. The van der Waals surface area contributed by atoms with Gasteiger partial charge >= 0.3 is 0 Å². The molecule has 0 saturated heterocycles. The molecule has 0 aromatic heterocycles. The van der Waals surface area contributed by atoms with Crippen LogP contribution in [0, 0.1) is 0 Å². The van der Waals surface area contributed by atoms with Crippen LogP contribution in [-0.2, 0) is 22.9 Å². The lowest BCUT2D eigenvalue weighted by atomic mass is 10.2. The van der Waals surface area contributed by atoms with Crippen LogP contribution in [0.4, 0.5) is 0 Å². The number of phenols is 2. The first-order valence-electron chi connectivity index (χ1n) is 6.37. The molecule has 0 atom stereocenters. The summed E-state index contributed by atoms with van der Waals surface area (Å²) in [6.07, 6.45) is 1.17. The second kappa shape index (κ2) is 6.15. The van der Waals surface area contributed by atoms with Gasteiger partial charge in [0.25, 0.3) is 0 Å². The molecule has 0 amide bonds. The zero-order chi connectivity index (χ0) is 15.5. The highest BCUT2D eigenvalue weighted by atomic mass is 32.2. The van der Waals surface area contributed by atoms with Crippen LogP contribution in [-0.4, -0.2) is 24.9 Å². The van der Waals surface area contributed by atoms with E-state index in [0.717, 1.165) is 5.56 Å². The van der Waals surface area contributed by atoms with Crippen molar-refractivity contribution in [3.05, 3.63) is 53.6 Å². The van der Waals surface area contributed by atoms with Gasteiger partial charge in [0.2, 0.25) is 0 Å². The lowest BCUT2D eigenvalue weighted by Crippen LogP contribution is -2.12. The third-order valence-electron chi connectivity index (χ3n) is 3.06. The van der Waals surface area contributed by atoms with Crippen LogP contribution in [0.1, 0.15) is 11.1 Å². The number of sulfone groups is 1. The quantitative estimate of drug-likeness (QED) is 0.784. The molecule has 6 heteroatoms. The van der Waals surface area contributed by atoms with Crippen molar-refractivity contribution in [3.63, 3.8) is 0 Å². The molecule has 0 radical (unpaired) electrons. The van der Waals surface area contributed by atoms with Crippen molar-refractivity contribution in [2.75, 3.05) is 6.26 Å². The molecule has 0 saturated carbocycles. The smallest absolute Gasteiger partial charge is 0.175 e. The Kier molecular flexibility index (Phi) is 4.50. The van der Waals surface area contributed by atoms with E-state index in [1.165, 1.54) is 18.4 Å². The van der Waals surface area contributed by atoms with Crippen LogP contribution in [0.2, 0.25) is 0 Å². The van der Waals surface area contributed by atoms with E-state index in [2.05, 4.69) is 5.32 Å². The molecule has 112 valence electrons. The van der Waals surface area contributed by atoms with Gasteiger partial charge in [0.1, 0.15) is 11.5 Å². The summed E-state index contributed by atoms with van der Waals surface area (Å²) in [7, 11) is -3.17. The van der Waals surface area contributed by atoms with Crippen LogP contribution >= 0.6 is 0 Å². The summed E-state index contributed by atoms with van der Waals surface area (Å²) in [5, 5.41) is 22.0. The Bertz CT molecular complexity index is 724. The van der Waals surface area contributed by atoms with Crippen LogP contribution < -0.4 is 5.32 Å². The fourth-order valence-corrected chi connectivity index (χ4v) is 2.53. The molecule has 0 heterocycles. The Morgan fingerprint density at radius 3 is 2.24 bits per heavy atom. The topological polar surface area (TPSA) is 86.6 Å². The van der Waals surface area contributed by atoms with Gasteiger partial charge in [0.15, 0.2) is 9.84 Å². The van der Waals surface area contributed by atoms with E-state index in [0.29, 0.717) is 23.5 Å². The third kappa shape index (κ3) is 4.21. The largest absolute Gasteiger partial charge is 0.508 e. The lowest BCUT2D eigenvalue weighted by molar-refractivity contribution is 0.443. The highest BCUT2D eigenvalue weighted by molar-refractivity contribution is 7.90. The van der Waals surface area contributed by atoms with Crippen molar-refractivity contribution in [1.82, 2.24) is 5.32 Å². The van der Waals surface area contributed by atoms with Crippen LogP contribution in [0.15, 0.2) is 47.4 Å². The van der Waals surface area contributed by atoms with Crippen LogP contribution in [0.5, 0.6) is 11.5 Å². The monoisotopic (exact) mass is 307 g/mol. The molecule has 0 unspecified atom stereocenters. The molecule has 0 aliphatic rings. The Balaban J connectivity index is 1.94. The number of phenolic OH excluding ortho intramolecular Hbond substituents is 2. The fourth-order valence-electron chi connectivity index (χ4n) is 1.90. The molecule has 2 rings (SSSR count). The minimum atomic E-state index is -3.17. The van der Waals surface area contributed by atoms with Gasteiger partial charge in [-0.1, -0.05) is 18.2 Å². The minimum absolute atomic E-state index is 0.0209. The van der Waals surface area contributed by atoms with Crippen LogP contribution in [0.25, 0.3) is 0 Å². The van der Waals surface area contributed by atoms with E-state index in [1.807, 2.05) is 0 Å². The molecule has 0 aliphatic carbocycles. The van der Waals surface area contributed by atoms with Crippen molar-refractivity contribution < 1.29 is 18.6 Å². The van der Waals surface area contributed by atoms with Gasteiger partial charge in [-0.05, 0) is 23.8 Å². The molecule has 0 aliphatic heterocycles. The molecule has 0 spiro atoms. The van der Waals surface area contributed by atoms with E-state index in [9.17, 15) is 18.6 Å². The maximum atomic E-state index is 11.3. The summed E-state index contributed by atoms with van der Waals surface area (Å²) in [6.45, 7) is 0.990. The standard InChI is InChI=1S/C15H17NO4S/c1-21(19,20)14-6-2-11(3-7-14)9-16-10-12-4-5-13(17)8-15(12)18/h2-8,16-18H,9-10H2,1H3. The fraction of sp³-hybridized carbons (Fsp3) is 0.200. The highest BCUT2D eigenvalue weighted by Crippen LogP contribution is 2.22. The lowest BCUT2D eigenvalue weighted by Gasteiger charge is -2.08. The van der Waals surface area contributed by atoms with Gasteiger partial charge in [0, 0.05) is 31.0 Å². The first-order chi connectivity index (χ1) is 9.86. The SMILES string of the molecule is CS(=O)(=O)c1ccc(CNCc2ccc(O)cc2O)cc1. The maximum absolute atomic E-state index is 11.3. The average Bonchev–Trinajstić information content (AvgIpc) is 2.41. The van der Waals surface area contributed by atoms with Crippen molar-refractivity contribution in [2.45, 2.75) is 18.0 Å². The first kappa shape index (κ1) is 15.3. The number of rotatable bonds is 5. The van der Waals surface area contributed by atoms with Gasteiger partial charge < -0.3 is 15.5 Å². The van der Waals surface area contributed by atoms with E-state index in [4.69, 9.17) is 0 Å². The van der Waals surface area contributed by atoms with Gasteiger partial charge in [-0.15, -0.1) is 0 Å². The summed E-state index contributed by atoms with van der Waals surface area (Å²) in [5.41, 5.74) is 1.63. The van der Waals surface area contributed by atoms with E-state index in [-0.39, 0.29) is 11.5 Å². The molecule has 2 aromatic carbocycles. The van der Waals surface area contributed by atoms with E-state index in [1.54, 1.807) is 30.3 Å². The second-order valence-corrected chi connectivity index (χ2v) is 6.85. The predicted octanol–water partition coefficient (Wildman–Crippen LogP) is 1.79. The number of hydrogen-bond donors (Lipinski definition) is 3. The molecule has 2 aromatic rings. The normalized spacial score (nSPS) is 11.5. The first-order valence-corrected chi connectivity index (χ1v) is 8.26. The summed E-state index contributed by atoms with van der Waals surface area (Å²) < 4.78 is 22.7. The van der Waals surface area contributed by atoms with Crippen LogP contribution in [0.3, 0.4) is 0 Å². The van der Waals surface area contributed by atoms with Gasteiger partial charge in [0.05, 0.1) is 4.90 Å². The third-order valence-corrected chi connectivity index (χ3v) is 4.19. The van der Waals surface area contributed by atoms with Gasteiger partial charge in [-0.3, -0.25) is 0 Å². The Morgan fingerprint density at radius 1 is 1.00 bits per heavy atom. The summed E-state index contributed by atoms with van der Waals surface area (Å²) in [5.74, 6) is 0.0579. The summed E-state index contributed by atoms with van der Waals surface area (Å²) >= 11 is 0. The van der Waals surface area contributed by atoms with Gasteiger partial charge in [-0.2, -0.15) is 0 Å². The number of hydrogen-bond acceptors (Lipinski definition) is 5. The zero-order valence-corrected chi connectivity index (χ0v) is 12.4. The molecule has 0 bridgehead atoms. The second-order valence-electron chi connectivity index (χ2n) is 4.83. The molecular formula is C15H17NO4S. The highest BCUT2D eigenvalue weighted by Gasteiger charge is 2.06. The molecule has 5 nitrogen and oxygen atoms in total. The molecule has 3 N–H and O–H groups in total. The average molecular weight is 307 g/mol. The Labute approximate surface area is 123 Å². The Morgan fingerprint density at radius 2 is 1.67 bits per heavy atom. The number of nitrogens with one attached hydrogen (secondary N) is 1. The number of benzene rings is 2. The molecule has 0 fully saturated rings. The van der Waals surface area contributed by atoms with Crippen molar-refractivity contribution in [3.8, 4) is 11.5 Å². The van der Waals surface area contributed by atoms with E-state index >= 15 is 0 Å². The van der Waals surface area contributed by atoms with E-state index < -0.39 is 9.84 Å². The molecule has 21 heavy (non-hydrogen) atoms. The summed E-state index contributed by atoms with van der Waals surface area (Å²) in [4.78, 5) is 0.294. The molecular weight excluding hydrogens is 290 g/mol. The van der Waals surface area contributed by atoms with Crippen molar-refractivity contribution in [2.24, 2.45) is 0 Å². The zero-order valence-electron chi connectivity index (χ0n) is 11.6. The van der Waals surface area contributed by atoms with Crippen molar-refractivity contribution in [1.29, 1.82) is 0 Å². The maximum Gasteiger partial charge on any atom is 0.175 e. The van der Waals surface area contributed by atoms with Gasteiger partial charge in [-0.25, -0.2) is 8.42 Å². The Hall–Kier alpha value is -2.05.